The van der Waals surface area contributed by atoms with Crippen LogP contribution < -0.4 is 10.2 Å². The molecule has 0 unspecified atom stereocenters. The average Bonchev–Trinajstić information content (AvgIpc) is 2.56. The molecule has 0 heterocycles. The van der Waals surface area contributed by atoms with Crippen LogP contribution in [0.2, 0.25) is 0 Å². The molecule has 1 N–H and O–H groups in total. The second kappa shape index (κ2) is 8.13. The Hall–Kier alpha value is -2.62. The van der Waals surface area contributed by atoms with Gasteiger partial charge in [-0.2, -0.15) is 0 Å². The molecule has 23 heavy (non-hydrogen) atoms. The number of hydrogen-bond donors (Lipinski definition) is 1. The van der Waals surface area contributed by atoms with E-state index < -0.39 is 0 Å². The highest BCUT2D eigenvalue weighted by atomic mass is 16.1. The smallest absolute Gasteiger partial charge is 0.224 e. The topological polar surface area (TPSA) is 49.4 Å². The van der Waals surface area contributed by atoms with Gasteiger partial charge < -0.3 is 10.2 Å². The third kappa shape index (κ3) is 5.25. The Morgan fingerprint density at radius 2 is 1.57 bits per heavy atom. The van der Waals surface area contributed by atoms with E-state index in [4.69, 9.17) is 0 Å². The number of nitrogens with zero attached hydrogens (tertiary/aromatic N) is 1. The van der Waals surface area contributed by atoms with Crippen molar-refractivity contribution in [1.29, 1.82) is 0 Å². The van der Waals surface area contributed by atoms with Gasteiger partial charge in [0.25, 0.3) is 0 Å². The Kier molecular flexibility index (Phi) is 5.92. The van der Waals surface area contributed by atoms with E-state index in [-0.39, 0.29) is 11.7 Å². The molecule has 4 nitrogen and oxygen atoms in total. The van der Waals surface area contributed by atoms with Crippen LogP contribution in [0.1, 0.15) is 29.6 Å². The highest BCUT2D eigenvalue weighted by molar-refractivity contribution is 5.96. The summed E-state index contributed by atoms with van der Waals surface area (Å²) in [7, 11) is 3.94. The zero-order chi connectivity index (χ0) is 16.7. The second-order valence-electron chi connectivity index (χ2n) is 5.63. The van der Waals surface area contributed by atoms with Crippen LogP contribution in [0.3, 0.4) is 0 Å². The first-order valence-corrected chi connectivity index (χ1v) is 7.72. The van der Waals surface area contributed by atoms with E-state index in [2.05, 4.69) is 5.32 Å². The SMILES string of the molecule is CN(C)c1ccc(NC(=O)CCCC(=O)c2ccccc2)cc1. The molecule has 0 saturated heterocycles. The molecule has 0 aliphatic carbocycles. The summed E-state index contributed by atoms with van der Waals surface area (Å²) in [6.07, 6.45) is 1.28. The van der Waals surface area contributed by atoms with E-state index in [1.165, 1.54) is 0 Å². The molecular weight excluding hydrogens is 288 g/mol. The van der Waals surface area contributed by atoms with Crippen molar-refractivity contribution in [3.8, 4) is 0 Å². The van der Waals surface area contributed by atoms with Crippen molar-refractivity contribution in [3.05, 3.63) is 60.2 Å². The third-order valence-corrected chi connectivity index (χ3v) is 3.57. The average molecular weight is 310 g/mol. The number of rotatable bonds is 7. The molecule has 1 amide bonds. The van der Waals surface area contributed by atoms with Gasteiger partial charge in [0, 0.05) is 43.9 Å². The summed E-state index contributed by atoms with van der Waals surface area (Å²) < 4.78 is 0. The molecule has 0 aromatic heterocycles. The third-order valence-electron chi connectivity index (χ3n) is 3.57. The lowest BCUT2D eigenvalue weighted by Crippen LogP contribution is -2.12. The highest BCUT2D eigenvalue weighted by Crippen LogP contribution is 2.16. The van der Waals surface area contributed by atoms with Gasteiger partial charge in [-0.25, -0.2) is 0 Å². The molecule has 0 aliphatic rings. The Labute approximate surface area is 137 Å². The molecule has 0 bridgehead atoms. The van der Waals surface area contributed by atoms with Crippen molar-refractivity contribution in [2.75, 3.05) is 24.3 Å². The number of nitrogens with one attached hydrogen (secondary N) is 1. The number of ketones is 1. The first kappa shape index (κ1) is 16.7. The molecule has 0 atom stereocenters. The molecule has 0 spiro atoms. The van der Waals surface area contributed by atoms with Gasteiger partial charge >= 0.3 is 0 Å². The number of benzene rings is 2. The minimum Gasteiger partial charge on any atom is -0.378 e. The zero-order valence-corrected chi connectivity index (χ0v) is 13.6. The van der Waals surface area contributed by atoms with Crippen molar-refractivity contribution in [3.63, 3.8) is 0 Å². The molecule has 0 radical (unpaired) electrons. The first-order chi connectivity index (χ1) is 11.1. The van der Waals surface area contributed by atoms with E-state index in [0.717, 1.165) is 11.4 Å². The molecule has 0 fully saturated rings. The minimum absolute atomic E-state index is 0.0662. The summed E-state index contributed by atoms with van der Waals surface area (Å²) >= 11 is 0. The fourth-order valence-corrected chi connectivity index (χ4v) is 2.24. The molecule has 120 valence electrons. The van der Waals surface area contributed by atoms with Crippen LogP contribution in [-0.4, -0.2) is 25.8 Å². The number of hydrogen-bond acceptors (Lipinski definition) is 3. The quantitative estimate of drug-likeness (QED) is 0.792. The maximum Gasteiger partial charge on any atom is 0.224 e. The van der Waals surface area contributed by atoms with Crippen LogP contribution in [0.25, 0.3) is 0 Å². The van der Waals surface area contributed by atoms with E-state index in [9.17, 15) is 9.59 Å². The number of anilines is 2. The minimum atomic E-state index is -0.0662. The summed E-state index contributed by atoms with van der Waals surface area (Å²) in [5, 5.41) is 2.85. The van der Waals surface area contributed by atoms with Gasteiger partial charge in [0.2, 0.25) is 5.91 Å². The van der Waals surface area contributed by atoms with E-state index in [1.54, 1.807) is 12.1 Å². The van der Waals surface area contributed by atoms with Crippen LogP contribution in [0.4, 0.5) is 11.4 Å². The van der Waals surface area contributed by atoms with Crippen molar-refractivity contribution in [1.82, 2.24) is 0 Å². The van der Waals surface area contributed by atoms with E-state index in [0.29, 0.717) is 24.8 Å². The molecule has 0 saturated carbocycles. The molecular formula is C19H22N2O2. The monoisotopic (exact) mass is 310 g/mol. The maximum atomic E-state index is 11.9. The number of Topliss-reactive ketones (excluding diaryl/α,β-unsaturated/α-hetero) is 1. The van der Waals surface area contributed by atoms with Crippen molar-refractivity contribution in [2.45, 2.75) is 19.3 Å². The maximum absolute atomic E-state index is 11.9. The lowest BCUT2D eigenvalue weighted by Gasteiger charge is -2.13. The number of amides is 1. The Morgan fingerprint density at radius 3 is 2.17 bits per heavy atom. The van der Waals surface area contributed by atoms with Crippen molar-refractivity contribution in [2.24, 2.45) is 0 Å². The highest BCUT2D eigenvalue weighted by Gasteiger charge is 2.07. The van der Waals surface area contributed by atoms with Gasteiger partial charge in [0.05, 0.1) is 0 Å². The van der Waals surface area contributed by atoms with Crippen LogP contribution in [0.5, 0.6) is 0 Å². The standard InChI is InChI=1S/C19H22N2O2/c1-21(2)17-13-11-16(12-14-17)20-19(23)10-6-9-18(22)15-7-4-3-5-8-15/h3-5,7-8,11-14H,6,9-10H2,1-2H3,(H,20,23). The van der Waals surface area contributed by atoms with Crippen LogP contribution in [-0.2, 0) is 4.79 Å². The van der Waals surface area contributed by atoms with Gasteiger partial charge in [0.15, 0.2) is 5.78 Å². The predicted octanol–water partition coefficient (Wildman–Crippen LogP) is 3.74. The van der Waals surface area contributed by atoms with Crippen molar-refractivity contribution < 1.29 is 9.59 Å². The summed E-state index contributed by atoms with van der Waals surface area (Å²) in [5.74, 6) is 0.0113. The lowest BCUT2D eigenvalue weighted by molar-refractivity contribution is -0.116. The van der Waals surface area contributed by atoms with Gasteiger partial charge in [-0.1, -0.05) is 30.3 Å². The molecule has 2 aromatic carbocycles. The van der Waals surface area contributed by atoms with Gasteiger partial charge in [-0.15, -0.1) is 0 Å². The largest absolute Gasteiger partial charge is 0.378 e. The lowest BCUT2D eigenvalue weighted by atomic mass is 10.1. The summed E-state index contributed by atoms with van der Waals surface area (Å²) in [6.45, 7) is 0. The van der Waals surface area contributed by atoms with Crippen LogP contribution >= 0.6 is 0 Å². The molecule has 2 rings (SSSR count). The Balaban J connectivity index is 1.76. The van der Waals surface area contributed by atoms with Crippen LogP contribution in [0.15, 0.2) is 54.6 Å². The van der Waals surface area contributed by atoms with Gasteiger partial charge in [-0.05, 0) is 30.7 Å². The summed E-state index contributed by atoms with van der Waals surface area (Å²) in [4.78, 5) is 25.9. The molecule has 4 heteroatoms. The fourth-order valence-electron chi connectivity index (χ4n) is 2.24. The number of carbonyl (C=O) groups excluding carboxylic acids is 2. The molecule has 2 aromatic rings. The van der Waals surface area contributed by atoms with Gasteiger partial charge in [-0.3, -0.25) is 9.59 Å². The van der Waals surface area contributed by atoms with E-state index in [1.807, 2.05) is 61.5 Å². The first-order valence-electron chi connectivity index (χ1n) is 7.72. The Morgan fingerprint density at radius 1 is 0.913 bits per heavy atom. The van der Waals surface area contributed by atoms with Crippen LogP contribution in [0, 0.1) is 0 Å². The van der Waals surface area contributed by atoms with Gasteiger partial charge in [0.1, 0.15) is 0 Å². The zero-order valence-electron chi connectivity index (χ0n) is 13.6. The Bertz CT molecular complexity index is 649. The normalized spacial score (nSPS) is 10.2. The van der Waals surface area contributed by atoms with Crippen molar-refractivity contribution >= 4 is 23.1 Å². The van der Waals surface area contributed by atoms with E-state index >= 15 is 0 Å². The predicted molar refractivity (Wildman–Crippen MR) is 94.0 cm³/mol. The molecule has 0 aliphatic heterocycles. The summed E-state index contributed by atoms with van der Waals surface area (Å²) in [5.41, 5.74) is 2.55. The second-order valence-corrected chi connectivity index (χ2v) is 5.63. The summed E-state index contributed by atoms with van der Waals surface area (Å²) in [6, 6.07) is 16.8. The number of carbonyl (C=O) groups is 2. The fraction of sp³-hybridized carbons (Fsp3) is 0.263.